The number of hydrogen-bond donors (Lipinski definition) is 1. The van der Waals surface area contributed by atoms with E-state index in [0.717, 1.165) is 16.6 Å². The normalized spacial score (nSPS) is 12.2. The van der Waals surface area contributed by atoms with Crippen LogP contribution in [0, 0.1) is 15.9 Å². The molecule has 1 atom stereocenters. The van der Waals surface area contributed by atoms with Crippen LogP contribution in [0.25, 0.3) is 22.0 Å². The predicted molar refractivity (Wildman–Crippen MR) is 105 cm³/mol. The van der Waals surface area contributed by atoms with Crippen molar-refractivity contribution in [3.05, 3.63) is 100.0 Å². The minimum absolute atomic E-state index is 0.0156. The average molecular weight is 376 g/mol. The first-order chi connectivity index (χ1) is 13.5. The molecular weight excluding hydrogens is 359 g/mol. The van der Waals surface area contributed by atoms with E-state index in [2.05, 4.69) is 0 Å². The first-order valence-electron chi connectivity index (χ1n) is 8.73. The fourth-order valence-corrected chi connectivity index (χ4v) is 3.60. The number of aliphatic hydroxyl groups excluding tert-OH is 1. The SMILES string of the molecule is Cn1c(C(O)c2ccc(F)cc2)c(-c2ccccc2)c2cc([N+](=O)[O-])ccc21. The zero-order valence-corrected chi connectivity index (χ0v) is 15.0. The van der Waals surface area contributed by atoms with Gasteiger partial charge in [0.1, 0.15) is 11.9 Å². The summed E-state index contributed by atoms with van der Waals surface area (Å²) in [7, 11) is 1.81. The van der Waals surface area contributed by atoms with Gasteiger partial charge in [0.05, 0.1) is 10.6 Å². The molecule has 1 unspecified atom stereocenters. The smallest absolute Gasteiger partial charge is 0.270 e. The summed E-state index contributed by atoms with van der Waals surface area (Å²) in [5, 5.41) is 23.1. The maximum atomic E-state index is 13.3. The van der Waals surface area contributed by atoms with Crippen molar-refractivity contribution in [1.29, 1.82) is 0 Å². The molecular formula is C22H17FN2O3. The molecule has 0 bridgehead atoms. The van der Waals surface area contributed by atoms with Crippen LogP contribution in [0.15, 0.2) is 72.8 Å². The molecule has 0 saturated carbocycles. The number of fused-ring (bicyclic) bond motifs is 1. The first-order valence-corrected chi connectivity index (χ1v) is 8.73. The standard InChI is InChI=1S/C22H17FN2O3/c1-24-19-12-11-17(25(27)28)13-18(19)20(14-5-3-2-4-6-14)21(24)22(26)15-7-9-16(23)10-8-15/h2-13,22,26H,1H3. The molecule has 4 aromatic rings. The Morgan fingerprint density at radius 2 is 1.71 bits per heavy atom. The average Bonchev–Trinajstić information content (AvgIpc) is 3.00. The van der Waals surface area contributed by atoms with Gasteiger partial charge >= 0.3 is 0 Å². The van der Waals surface area contributed by atoms with Gasteiger partial charge in [0.25, 0.3) is 5.69 Å². The van der Waals surface area contributed by atoms with Gasteiger partial charge in [-0.3, -0.25) is 10.1 Å². The summed E-state index contributed by atoms with van der Waals surface area (Å²) in [6.07, 6.45) is -1.02. The molecule has 0 saturated heterocycles. The Kier molecular flexibility index (Phi) is 4.41. The number of benzene rings is 3. The van der Waals surface area contributed by atoms with Crippen molar-refractivity contribution in [2.45, 2.75) is 6.10 Å². The molecule has 0 aliphatic carbocycles. The lowest BCUT2D eigenvalue weighted by molar-refractivity contribution is -0.384. The van der Waals surface area contributed by atoms with Crippen molar-refractivity contribution in [2.75, 3.05) is 0 Å². The number of rotatable bonds is 4. The van der Waals surface area contributed by atoms with Crippen LogP contribution >= 0.6 is 0 Å². The van der Waals surface area contributed by atoms with Crippen LogP contribution in [0.4, 0.5) is 10.1 Å². The summed E-state index contributed by atoms with van der Waals surface area (Å²) >= 11 is 0. The van der Waals surface area contributed by atoms with E-state index in [0.29, 0.717) is 16.6 Å². The lowest BCUT2D eigenvalue weighted by Crippen LogP contribution is -2.07. The van der Waals surface area contributed by atoms with E-state index in [-0.39, 0.29) is 11.5 Å². The van der Waals surface area contributed by atoms with Crippen LogP contribution in [0.3, 0.4) is 0 Å². The Balaban J connectivity index is 2.03. The molecule has 0 spiro atoms. The Labute approximate surface area is 160 Å². The number of halogens is 1. The third-order valence-corrected chi connectivity index (χ3v) is 4.95. The number of aromatic nitrogens is 1. The summed E-state index contributed by atoms with van der Waals surface area (Å²) in [6.45, 7) is 0. The van der Waals surface area contributed by atoms with Gasteiger partial charge in [-0.1, -0.05) is 42.5 Å². The molecule has 28 heavy (non-hydrogen) atoms. The Morgan fingerprint density at radius 3 is 2.36 bits per heavy atom. The predicted octanol–water partition coefficient (Wildman–Crippen LogP) is 4.97. The number of hydrogen-bond acceptors (Lipinski definition) is 3. The molecule has 0 amide bonds. The molecule has 0 fully saturated rings. The van der Waals surface area contributed by atoms with E-state index >= 15 is 0 Å². The van der Waals surface area contributed by atoms with Crippen LogP contribution in [0.5, 0.6) is 0 Å². The van der Waals surface area contributed by atoms with E-state index in [9.17, 15) is 19.6 Å². The van der Waals surface area contributed by atoms with Gasteiger partial charge in [-0.25, -0.2) is 4.39 Å². The second-order valence-electron chi connectivity index (χ2n) is 6.60. The fourth-order valence-electron chi connectivity index (χ4n) is 3.60. The molecule has 3 aromatic carbocycles. The van der Waals surface area contributed by atoms with Crippen molar-refractivity contribution in [3.8, 4) is 11.1 Å². The zero-order chi connectivity index (χ0) is 19.8. The van der Waals surface area contributed by atoms with Crippen LogP contribution in [-0.4, -0.2) is 14.6 Å². The summed E-state index contributed by atoms with van der Waals surface area (Å²) in [5.74, 6) is -0.383. The van der Waals surface area contributed by atoms with Gasteiger partial charge in [-0.15, -0.1) is 0 Å². The van der Waals surface area contributed by atoms with Crippen LogP contribution < -0.4 is 0 Å². The van der Waals surface area contributed by atoms with Gasteiger partial charge in [0, 0.05) is 35.6 Å². The van der Waals surface area contributed by atoms with Gasteiger partial charge < -0.3 is 9.67 Å². The second kappa shape index (κ2) is 6.90. The number of non-ortho nitro benzene ring substituents is 1. The van der Waals surface area contributed by atoms with E-state index in [1.165, 1.54) is 36.4 Å². The Hall–Kier alpha value is -3.51. The fraction of sp³-hybridized carbons (Fsp3) is 0.0909. The molecule has 1 N–H and O–H groups in total. The molecule has 4 rings (SSSR count). The molecule has 140 valence electrons. The Bertz CT molecular complexity index is 1170. The summed E-state index contributed by atoms with van der Waals surface area (Å²) in [4.78, 5) is 10.9. The van der Waals surface area contributed by atoms with Crippen LogP contribution in [0.2, 0.25) is 0 Å². The zero-order valence-electron chi connectivity index (χ0n) is 15.0. The highest BCUT2D eigenvalue weighted by Gasteiger charge is 2.25. The molecule has 1 heterocycles. The van der Waals surface area contributed by atoms with Crippen molar-refractivity contribution >= 4 is 16.6 Å². The maximum Gasteiger partial charge on any atom is 0.270 e. The van der Waals surface area contributed by atoms with Crippen molar-refractivity contribution in [3.63, 3.8) is 0 Å². The minimum Gasteiger partial charge on any atom is -0.382 e. The van der Waals surface area contributed by atoms with Crippen molar-refractivity contribution < 1.29 is 14.4 Å². The summed E-state index contributed by atoms with van der Waals surface area (Å²) < 4.78 is 15.1. The summed E-state index contributed by atoms with van der Waals surface area (Å²) in [5.41, 5.74) is 3.44. The minimum atomic E-state index is -1.02. The lowest BCUT2D eigenvalue weighted by atomic mass is 9.96. The highest BCUT2D eigenvalue weighted by molar-refractivity contribution is 5.99. The number of aliphatic hydroxyl groups is 1. The number of aryl methyl sites for hydroxylation is 1. The van der Waals surface area contributed by atoms with Gasteiger partial charge in [-0.2, -0.15) is 0 Å². The highest BCUT2D eigenvalue weighted by atomic mass is 19.1. The first kappa shape index (κ1) is 17.9. The van der Waals surface area contributed by atoms with Gasteiger partial charge in [-0.05, 0) is 29.3 Å². The lowest BCUT2D eigenvalue weighted by Gasteiger charge is -2.16. The number of nitro groups is 1. The second-order valence-corrected chi connectivity index (χ2v) is 6.60. The molecule has 0 radical (unpaired) electrons. The third kappa shape index (κ3) is 2.93. The molecule has 1 aromatic heterocycles. The maximum absolute atomic E-state index is 13.3. The number of nitro benzene ring substituents is 1. The van der Waals surface area contributed by atoms with E-state index in [4.69, 9.17) is 0 Å². The molecule has 0 aliphatic heterocycles. The monoisotopic (exact) mass is 376 g/mol. The van der Waals surface area contributed by atoms with Crippen molar-refractivity contribution in [2.24, 2.45) is 7.05 Å². The third-order valence-electron chi connectivity index (χ3n) is 4.95. The largest absolute Gasteiger partial charge is 0.382 e. The van der Waals surface area contributed by atoms with Crippen LogP contribution in [-0.2, 0) is 7.05 Å². The molecule has 0 aliphatic rings. The summed E-state index contributed by atoms with van der Waals surface area (Å²) in [6, 6.07) is 19.8. The number of nitrogens with zero attached hydrogens (tertiary/aromatic N) is 2. The van der Waals surface area contributed by atoms with E-state index in [1.807, 2.05) is 41.9 Å². The van der Waals surface area contributed by atoms with E-state index < -0.39 is 11.0 Å². The van der Waals surface area contributed by atoms with Crippen LogP contribution in [0.1, 0.15) is 17.4 Å². The van der Waals surface area contributed by atoms with E-state index in [1.54, 1.807) is 6.07 Å². The van der Waals surface area contributed by atoms with Gasteiger partial charge in [0.15, 0.2) is 0 Å². The van der Waals surface area contributed by atoms with Gasteiger partial charge in [0.2, 0.25) is 0 Å². The topological polar surface area (TPSA) is 68.3 Å². The van der Waals surface area contributed by atoms with Crippen molar-refractivity contribution in [1.82, 2.24) is 4.57 Å². The molecule has 6 heteroatoms. The Morgan fingerprint density at radius 1 is 1.04 bits per heavy atom. The highest BCUT2D eigenvalue weighted by Crippen LogP contribution is 2.40. The molecule has 5 nitrogen and oxygen atoms in total. The quantitative estimate of drug-likeness (QED) is 0.404.